The van der Waals surface area contributed by atoms with Crippen molar-refractivity contribution in [1.29, 1.82) is 10.5 Å². The lowest BCUT2D eigenvalue weighted by Crippen LogP contribution is -2.08. The fraction of sp³-hybridized carbons (Fsp3) is 0.417. The minimum Gasteiger partial charge on any atom is -0.261 e. The zero-order chi connectivity index (χ0) is 11.3. The van der Waals surface area contributed by atoms with Crippen molar-refractivity contribution in [2.24, 2.45) is 5.92 Å². The Hall–Kier alpha value is -1.87. The topological polar surface area (TPSA) is 60.5 Å². The molecule has 0 spiro atoms. The number of hydrogen-bond donors (Lipinski definition) is 0. The number of rotatable bonds is 3. The predicted molar refractivity (Wildman–Crippen MR) is 56.8 cm³/mol. The maximum Gasteiger partial charge on any atom is 0.0992 e. The Kier molecular flexibility index (Phi) is 3.83. The van der Waals surface area contributed by atoms with Gasteiger partial charge in [0.1, 0.15) is 0 Å². The van der Waals surface area contributed by atoms with Gasteiger partial charge in [0.05, 0.1) is 17.7 Å². The van der Waals surface area contributed by atoms with Gasteiger partial charge in [-0.05, 0) is 18.1 Å². The van der Waals surface area contributed by atoms with Crippen LogP contribution in [0.2, 0.25) is 0 Å². The van der Waals surface area contributed by atoms with E-state index in [2.05, 4.69) is 31.0 Å². The Bertz CT molecular complexity index is 410. The first-order chi connectivity index (χ1) is 7.19. The van der Waals surface area contributed by atoms with Crippen molar-refractivity contribution in [2.75, 3.05) is 0 Å². The molecule has 0 aliphatic carbocycles. The van der Waals surface area contributed by atoms with Crippen LogP contribution in [0.15, 0.2) is 18.3 Å². The number of pyridine rings is 1. The highest BCUT2D eigenvalue weighted by Crippen LogP contribution is 2.26. The Morgan fingerprint density at radius 1 is 1.40 bits per heavy atom. The van der Waals surface area contributed by atoms with Crippen molar-refractivity contribution >= 4 is 0 Å². The van der Waals surface area contributed by atoms with Crippen molar-refractivity contribution in [2.45, 2.75) is 26.2 Å². The molecule has 0 aromatic carbocycles. The minimum atomic E-state index is 0.114. The molecule has 0 aliphatic rings. The van der Waals surface area contributed by atoms with Crippen molar-refractivity contribution in [1.82, 2.24) is 4.98 Å². The van der Waals surface area contributed by atoms with Crippen LogP contribution in [0.1, 0.15) is 37.4 Å². The summed E-state index contributed by atoms with van der Waals surface area (Å²) in [6, 6.07) is 7.68. The van der Waals surface area contributed by atoms with E-state index in [0.29, 0.717) is 17.9 Å². The molecule has 1 atom stereocenters. The summed E-state index contributed by atoms with van der Waals surface area (Å²) in [5.41, 5.74) is 1.44. The molecule has 0 N–H and O–H groups in total. The molecule has 76 valence electrons. The van der Waals surface area contributed by atoms with Gasteiger partial charge in [0.2, 0.25) is 0 Å². The Balaban J connectivity index is 3.02. The van der Waals surface area contributed by atoms with Crippen molar-refractivity contribution in [3.05, 3.63) is 29.6 Å². The number of nitriles is 2. The van der Waals surface area contributed by atoms with E-state index in [9.17, 15) is 0 Å². The molecule has 0 saturated carbocycles. The van der Waals surface area contributed by atoms with E-state index < -0.39 is 0 Å². The summed E-state index contributed by atoms with van der Waals surface area (Å²) in [6.07, 6.45) is 2.07. The third-order valence-corrected chi connectivity index (χ3v) is 2.41. The average molecular weight is 199 g/mol. The van der Waals surface area contributed by atoms with E-state index >= 15 is 0 Å². The van der Waals surface area contributed by atoms with Crippen molar-refractivity contribution < 1.29 is 0 Å². The summed E-state index contributed by atoms with van der Waals surface area (Å²) in [5, 5.41) is 17.5. The summed E-state index contributed by atoms with van der Waals surface area (Å²) in [6.45, 7) is 4.12. The van der Waals surface area contributed by atoms with Crippen LogP contribution in [0.4, 0.5) is 0 Å². The lowest BCUT2D eigenvalue weighted by atomic mass is 9.89. The lowest BCUT2D eigenvalue weighted by Gasteiger charge is -2.16. The fourth-order valence-electron chi connectivity index (χ4n) is 1.50. The standard InChI is InChI=1S/C12H13N3/c1-9(2)11(3-5-13)12-7-10(8-14)4-6-15-12/h4,6-7,9,11H,3H2,1-2H3. The molecule has 1 rings (SSSR count). The summed E-state index contributed by atoms with van der Waals surface area (Å²) in [5.74, 6) is 0.467. The smallest absolute Gasteiger partial charge is 0.0992 e. The predicted octanol–water partition coefficient (Wildman–Crippen LogP) is 2.61. The normalized spacial score (nSPS) is 11.8. The molecule has 1 aromatic heterocycles. The second-order valence-corrected chi connectivity index (χ2v) is 3.79. The van der Waals surface area contributed by atoms with Crippen molar-refractivity contribution in [3.63, 3.8) is 0 Å². The number of aromatic nitrogens is 1. The lowest BCUT2D eigenvalue weighted by molar-refractivity contribution is 0.495. The molecule has 0 fully saturated rings. The summed E-state index contributed by atoms with van der Waals surface area (Å²) >= 11 is 0. The molecule has 1 heterocycles. The monoisotopic (exact) mass is 199 g/mol. The summed E-state index contributed by atoms with van der Waals surface area (Å²) in [7, 11) is 0. The number of nitrogens with zero attached hydrogens (tertiary/aromatic N) is 3. The van der Waals surface area contributed by atoms with Crippen LogP contribution in [-0.2, 0) is 0 Å². The zero-order valence-corrected chi connectivity index (χ0v) is 8.94. The van der Waals surface area contributed by atoms with E-state index in [1.807, 2.05) is 0 Å². The fourth-order valence-corrected chi connectivity index (χ4v) is 1.50. The first kappa shape index (κ1) is 11.2. The van der Waals surface area contributed by atoms with Gasteiger partial charge in [-0.2, -0.15) is 10.5 Å². The van der Waals surface area contributed by atoms with Gasteiger partial charge < -0.3 is 0 Å². The second-order valence-electron chi connectivity index (χ2n) is 3.79. The highest BCUT2D eigenvalue weighted by atomic mass is 14.7. The second kappa shape index (κ2) is 5.12. The van der Waals surface area contributed by atoms with Gasteiger partial charge in [-0.25, -0.2) is 0 Å². The van der Waals surface area contributed by atoms with Crippen LogP contribution in [0, 0.1) is 28.6 Å². The van der Waals surface area contributed by atoms with E-state index in [1.165, 1.54) is 0 Å². The zero-order valence-electron chi connectivity index (χ0n) is 8.94. The van der Waals surface area contributed by atoms with Gasteiger partial charge in [-0.1, -0.05) is 13.8 Å². The molecular formula is C12H13N3. The van der Waals surface area contributed by atoms with Crippen LogP contribution in [0.5, 0.6) is 0 Å². The van der Waals surface area contributed by atoms with Crippen LogP contribution in [0.3, 0.4) is 0 Å². The maximum atomic E-state index is 8.77. The largest absolute Gasteiger partial charge is 0.261 e. The Morgan fingerprint density at radius 2 is 2.13 bits per heavy atom. The number of hydrogen-bond acceptors (Lipinski definition) is 3. The molecule has 1 unspecified atom stereocenters. The average Bonchev–Trinajstić information content (AvgIpc) is 2.25. The van der Waals surface area contributed by atoms with E-state index in [0.717, 1.165) is 5.69 Å². The van der Waals surface area contributed by atoms with Gasteiger partial charge in [0.25, 0.3) is 0 Å². The van der Waals surface area contributed by atoms with E-state index in [-0.39, 0.29) is 5.92 Å². The van der Waals surface area contributed by atoms with E-state index in [4.69, 9.17) is 10.5 Å². The van der Waals surface area contributed by atoms with Gasteiger partial charge in [-0.3, -0.25) is 4.98 Å². The molecule has 0 saturated heterocycles. The van der Waals surface area contributed by atoms with Gasteiger partial charge in [0.15, 0.2) is 0 Å². The van der Waals surface area contributed by atoms with Crippen LogP contribution in [0.25, 0.3) is 0 Å². The molecule has 15 heavy (non-hydrogen) atoms. The molecule has 0 radical (unpaired) electrons. The van der Waals surface area contributed by atoms with Gasteiger partial charge in [-0.15, -0.1) is 0 Å². The van der Waals surface area contributed by atoms with Crippen LogP contribution in [-0.4, -0.2) is 4.98 Å². The molecular weight excluding hydrogens is 186 g/mol. The molecule has 0 aliphatic heterocycles. The minimum absolute atomic E-state index is 0.114. The summed E-state index contributed by atoms with van der Waals surface area (Å²) < 4.78 is 0. The SMILES string of the molecule is CC(C)C(CC#N)c1cc(C#N)ccn1. The third-order valence-electron chi connectivity index (χ3n) is 2.41. The first-order valence-electron chi connectivity index (χ1n) is 4.92. The maximum absolute atomic E-state index is 8.77. The third kappa shape index (κ3) is 2.79. The Morgan fingerprint density at radius 3 is 2.67 bits per heavy atom. The molecule has 3 heteroatoms. The highest BCUT2D eigenvalue weighted by Gasteiger charge is 2.17. The molecule has 0 bridgehead atoms. The van der Waals surface area contributed by atoms with E-state index in [1.54, 1.807) is 18.3 Å². The van der Waals surface area contributed by atoms with Crippen LogP contribution >= 0.6 is 0 Å². The Labute approximate surface area is 90.0 Å². The van der Waals surface area contributed by atoms with Gasteiger partial charge in [0, 0.05) is 24.2 Å². The van der Waals surface area contributed by atoms with Crippen LogP contribution < -0.4 is 0 Å². The highest BCUT2D eigenvalue weighted by molar-refractivity contribution is 5.30. The molecule has 0 amide bonds. The quantitative estimate of drug-likeness (QED) is 0.751. The molecule has 3 nitrogen and oxygen atoms in total. The molecule has 1 aromatic rings. The van der Waals surface area contributed by atoms with Crippen molar-refractivity contribution in [3.8, 4) is 12.1 Å². The van der Waals surface area contributed by atoms with Gasteiger partial charge >= 0.3 is 0 Å². The first-order valence-corrected chi connectivity index (χ1v) is 4.92. The summed E-state index contributed by atoms with van der Waals surface area (Å²) in [4.78, 5) is 4.23.